The molecular weight excluding hydrogens is 278 g/mol. The fourth-order valence-electron chi connectivity index (χ4n) is 1.85. The average Bonchev–Trinajstić information content (AvgIpc) is 2.83. The minimum atomic E-state index is -0.0426. The minimum absolute atomic E-state index is 0.0426. The molecule has 0 saturated heterocycles. The number of aromatic nitrogens is 2. The highest BCUT2D eigenvalue weighted by molar-refractivity contribution is 7.18. The van der Waals surface area contributed by atoms with E-state index in [-0.39, 0.29) is 6.10 Å². The molecular formula is C12H19N5O2S. The molecule has 0 amide bonds. The molecule has 7 nitrogen and oxygen atoms in total. The Morgan fingerprint density at radius 1 is 1.40 bits per heavy atom. The first-order valence-corrected chi connectivity index (χ1v) is 7.00. The van der Waals surface area contributed by atoms with Crippen molar-refractivity contribution in [2.45, 2.75) is 13.0 Å². The molecule has 0 bridgehead atoms. The number of hydrazine groups is 1. The van der Waals surface area contributed by atoms with Crippen LogP contribution < -0.4 is 16.6 Å². The second-order valence-electron chi connectivity index (χ2n) is 4.31. The molecule has 2 aromatic rings. The van der Waals surface area contributed by atoms with E-state index in [9.17, 15) is 0 Å². The van der Waals surface area contributed by atoms with E-state index in [0.29, 0.717) is 19.1 Å². The molecule has 0 aliphatic carbocycles. The van der Waals surface area contributed by atoms with Crippen molar-refractivity contribution < 1.29 is 9.47 Å². The zero-order valence-electron chi connectivity index (χ0n) is 11.8. The maximum Gasteiger partial charge on any atom is 0.240 e. The lowest BCUT2D eigenvalue weighted by Gasteiger charge is -2.16. The second-order valence-corrected chi connectivity index (χ2v) is 5.54. The molecule has 2 rings (SSSR count). The van der Waals surface area contributed by atoms with Crippen LogP contribution in [-0.2, 0) is 9.47 Å². The molecule has 2 aromatic heterocycles. The zero-order chi connectivity index (χ0) is 14.5. The minimum Gasteiger partial charge on any atom is -0.382 e. The predicted molar refractivity (Wildman–Crippen MR) is 81.1 cm³/mol. The molecule has 1 atom stereocenters. The van der Waals surface area contributed by atoms with Gasteiger partial charge in [0.25, 0.3) is 0 Å². The number of fused-ring (bicyclic) bond motifs is 1. The number of thiophene rings is 1. The third kappa shape index (κ3) is 3.34. The van der Waals surface area contributed by atoms with Gasteiger partial charge in [0.1, 0.15) is 10.6 Å². The van der Waals surface area contributed by atoms with Gasteiger partial charge in [0.2, 0.25) is 5.95 Å². The Kier molecular flexibility index (Phi) is 5.07. The van der Waals surface area contributed by atoms with Crippen LogP contribution in [0.3, 0.4) is 0 Å². The van der Waals surface area contributed by atoms with Gasteiger partial charge in [-0.2, -0.15) is 4.98 Å². The normalized spacial score (nSPS) is 12.6. The van der Waals surface area contributed by atoms with Crippen molar-refractivity contribution in [1.29, 1.82) is 0 Å². The molecule has 0 spiro atoms. The Morgan fingerprint density at radius 2 is 2.20 bits per heavy atom. The largest absolute Gasteiger partial charge is 0.382 e. The second kappa shape index (κ2) is 6.80. The topological polar surface area (TPSA) is 94.3 Å². The third-order valence-corrected chi connectivity index (χ3v) is 3.77. The maximum atomic E-state index is 5.40. The summed E-state index contributed by atoms with van der Waals surface area (Å²) in [4.78, 5) is 10.8. The lowest BCUT2D eigenvalue weighted by Crippen LogP contribution is -2.27. The first kappa shape index (κ1) is 14.9. The van der Waals surface area contributed by atoms with Crippen molar-refractivity contribution in [3.05, 3.63) is 10.9 Å². The Labute approximate surface area is 121 Å². The molecule has 4 N–H and O–H groups in total. The summed E-state index contributed by atoms with van der Waals surface area (Å²) in [6.45, 7) is 3.15. The van der Waals surface area contributed by atoms with Crippen molar-refractivity contribution in [3.63, 3.8) is 0 Å². The molecule has 0 fully saturated rings. The lowest BCUT2D eigenvalue weighted by atomic mass is 10.3. The van der Waals surface area contributed by atoms with Crippen molar-refractivity contribution in [2.75, 3.05) is 38.1 Å². The van der Waals surface area contributed by atoms with Gasteiger partial charge in [-0.3, -0.25) is 5.43 Å². The summed E-state index contributed by atoms with van der Waals surface area (Å²) in [5.41, 5.74) is 2.48. The zero-order valence-corrected chi connectivity index (χ0v) is 12.6. The smallest absolute Gasteiger partial charge is 0.240 e. The van der Waals surface area contributed by atoms with E-state index in [2.05, 4.69) is 26.8 Å². The predicted octanol–water partition coefficient (Wildman–Crippen LogP) is 1.36. The summed E-state index contributed by atoms with van der Waals surface area (Å²) in [5.74, 6) is 6.54. The van der Waals surface area contributed by atoms with E-state index in [4.69, 9.17) is 15.3 Å². The van der Waals surface area contributed by atoms with Crippen LogP contribution in [0.2, 0.25) is 0 Å². The lowest BCUT2D eigenvalue weighted by molar-refractivity contribution is 0.0365. The van der Waals surface area contributed by atoms with Gasteiger partial charge >= 0.3 is 0 Å². The van der Waals surface area contributed by atoms with E-state index in [1.165, 1.54) is 4.88 Å². The van der Waals surface area contributed by atoms with Crippen LogP contribution in [0.4, 0.5) is 11.8 Å². The van der Waals surface area contributed by atoms with Gasteiger partial charge in [-0.15, -0.1) is 11.3 Å². The van der Waals surface area contributed by atoms with Crippen LogP contribution >= 0.6 is 11.3 Å². The van der Waals surface area contributed by atoms with E-state index in [1.54, 1.807) is 25.6 Å². The Hall–Kier alpha value is -1.48. The number of hydrogen-bond donors (Lipinski definition) is 3. The fourth-order valence-corrected chi connectivity index (χ4v) is 2.73. The van der Waals surface area contributed by atoms with E-state index < -0.39 is 0 Å². The van der Waals surface area contributed by atoms with Crippen LogP contribution in [0.5, 0.6) is 0 Å². The van der Waals surface area contributed by atoms with Gasteiger partial charge in [-0.25, -0.2) is 10.8 Å². The maximum absolute atomic E-state index is 5.40. The highest BCUT2D eigenvalue weighted by atomic mass is 32.1. The summed E-state index contributed by atoms with van der Waals surface area (Å²) in [6, 6.07) is 2.06. The number of ether oxygens (including phenoxy) is 2. The molecule has 0 aromatic carbocycles. The van der Waals surface area contributed by atoms with Crippen molar-refractivity contribution in [1.82, 2.24) is 9.97 Å². The van der Waals surface area contributed by atoms with Crippen LogP contribution in [0.1, 0.15) is 4.88 Å². The first-order chi connectivity index (χ1) is 9.67. The van der Waals surface area contributed by atoms with Crippen molar-refractivity contribution in [2.24, 2.45) is 5.84 Å². The van der Waals surface area contributed by atoms with E-state index in [0.717, 1.165) is 16.0 Å². The number of nitrogen functional groups attached to an aromatic ring is 1. The standard InChI is InChI=1S/C12H19N5O2S/c1-7-4-9-10(14-5-8(19-3)6-18-2)15-12(17-13)16-11(9)20-7/h4,8H,5-6,13H2,1-3H3,(H2,14,15,16,17). The molecule has 1 unspecified atom stereocenters. The molecule has 2 heterocycles. The number of nitrogens with zero attached hydrogens (tertiary/aromatic N) is 2. The summed E-state index contributed by atoms with van der Waals surface area (Å²) < 4.78 is 10.4. The summed E-state index contributed by atoms with van der Waals surface area (Å²) in [7, 11) is 3.30. The molecule has 110 valence electrons. The Balaban J connectivity index is 2.23. The SMILES string of the molecule is COCC(CNc1nc(NN)nc2sc(C)cc12)OC. The number of aryl methyl sites for hydroxylation is 1. The molecule has 8 heteroatoms. The average molecular weight is 297 g/mol. The molecule has 0 radical (unpaired) electrons. The number of nitrogens with two attached hydrogens (primary N) is 1. The molecule has 20 heavy (non-hydrogen) atoms. The number of hydrogen-bond acceptors (Lipinski definition) is 8. The van der Waals surface area contributed by atoms with Crippen LogP contribution in [0.25, 0.3) is 10.2 Å². The number of anilines is 2. The van der Waals surface area contributed by atoms with Gasteiger partial charge < -0.3 is 14.8 Å². The van der Waals surface area contributed by atoms with Gasteiger partial charge in [-0.05, 0) is 13.0 Å². The van der Waals surface area contributed by atoms with Gasteiger partial charge in [0, 0.05) is 25.6 Å². The Morgan fingerprint density at radius 3 is 2.85 bits per heavy atom. The van der Waals surface area contributed by atoms with Crippen molar-refractivity contribution >= 4 is 33.3 Å². The monoisotopic (exact) mass is 297 g/mol. The highest BCUT2D eigenvalue weighted by Gasteiger charge is 2.12. The highest BCUT2D eigenvalue weighted by Crippen LogP contribution is 2.29. The number of methoxy groups -OCH3 is 2. The summed E-state index contributed by atoms with van der Waals surface area (Å²) in [6.07, 6.45) is -0.0426. The van der Waals surface area contributed by atoms with E-state index in [1.807, 2.05) is 6.92 Å². The molecule has 0 saturated carbocycles. The van der Waals surface area contributed by atoms with Crippen LogP contribution in [-0.4, -0.2) is 43.4 Å². The fraction of sp³-hybridized carbons (Fsp3) is 0.500. The van der Waals surface area contributed by atoms with Gasteiger partial charge in [0.15, 0.2) is 0 Å². The third-order valence-electron chi connectivity index (χ3n) is 2.83. The molecule has 0 aliphatic heterocycles. The summed E-state index contributed by atoms with van der Waals surface area (Å²) >= 11 is 1.60. The number of rotatable bonds is 7. The van der Waals surface area contributed by atoms with Crippen LogP contribution in [0.15, 0.2) is 6.07 Å². The Bertz CT molecular complexity index is 574. The van der Waals surface area contributed by atoms with Gasteiger partial charge in [-0.1, -0.05) is 0 Å². The van der Waals surface area contributed by atoms with E-state index >= 15 is 0 Å². The van der Waals surface area contributed by atoms with Crippen molar-refractivity contribution in [3.8, 4) is 0 Å². The quantitative estimate of drug-likeness (QED) is 0.524. The van der Waals surface area contributed by atoms with Gasteiger partial charge in [0.05, 0.1) is 18.1 Å². The molecule has 0 aliphatic rings. The number of nitrogens with one attached hydrogen (secondary N) is 2. The summed E-state index contributed by atoms with van der Waals surface area (Å²) in [5, 5.41) is 4.25. The van der Waals surface area contributed by atoms with Crippen LogP contribution in [0, 0.1) is 6.92 Å². The first-order valence-electron chi connectivity index (χ1n) is 6.18.